The summed E-state index contributed by atoms with van der Waals surface area (Å²) in [6, 6.07) is 4.36. The van der Waals surface area contributed by atoms with E-state index in [1.807, 2.05) is 13.8 Å². The molecule has 0 aliphatic carbocycles. The van der Waals surface area contributed by atoms with Crippen molar-refractivity contribution >= 4 is 17.5 Å². The van der Waals surface area contributed by atoms with Gasteiger partial charge in [0.15, 0.2) is 0 Å². The van der Waals surface area contributed by atoms with E-state index in [0.717, 1.165) is 0 Å². The summed E-state index contributed by atoms with van der Waals surface area (Å²) in [7, 11) is 0. The van der Waals surface area contributed by atoms with Crippen LogP contribution in [0, 0.1) is 5.82 Å². The molecule has 0 spiro atoms. The van der Waals surface area contributed by atoms with E-state index in [-0.39, 0.29) is 23.8 Å². The maximum absolute atomic E-state index is 13.7. The molecule has 0 saturated carbocycles. The normalized spacial score (nSPS) is 16.2. The molecular weight excluding hydrogens is 261 g/mol. The topological polar surface area (TPSA) is 66.6 Å². The Balaban J connectivity index is 2.16. The molecular formula is C14H18FN3O2. The van der Waals surface area contributed by atoms with Gasteiger partial charge >= 0.3 is 11.8 Å². The highest BCUT2D eigenvalue weighted by molar-refractivity contribution is 6.35. The largest absolute Gasteiger partial charge is 0.398 e. The molecule has 1 aromatic carbocycles. The average Bonchev–Trinajstić information content (AvgIpc) is 2.38. The first-order valence-electron chi connectivity index (χ1n) is 6.54. The maximum Gasteiger partial charge on any atom is 0.312 e. The van der Waals surface area contributed by atoms with Crippen molar-refractivity contribution in [2.24, 2.45) is 0 Å². The van der Waals surface area contributed by atoms with E-state index in [1.165, 1.54) is 21.9 Å². The minimum atomic E-state index is -0.604. The molecule has 20 heavy (non-hydrogen) atoms. The second-order valence-electron chi connectivity index (χ2n) is 5.13. The number of hydrogen-bond acceptors (Lipinski definition) is 3. The van der Waals surface area contributed by atoms with Crippen LogP contribution in [-0.4, -0.2) is 40.7 Å². The Kier molecular flexibility index (Phi) is 3.92. The van der Waals surface area contributed by atoms with Gasteiger partial charge in [0, 0.05) is 30.4 Å². The molecule has 0 unspecified atom stereocenters. The van der Waals surface area contributed by atoms with E-state index in [0.29, 0.717) is 13.1 Å². The molecule has 108 valence electrons. The van der Waals surface area contributed by atoms with Crippen LogP contribution < -0.4 is 5.73 Å². The lowest BCUT2D eigenvalue weighted by Gasteiger charge is -2.36. The van der Waals surface area contributed by atoms with E-state index in [9.17, 15) is 14.0 Å². The molecule has 1 aliphatic heterocycles. The number of carbonyl (C=O) groups is 2. The van der Waals surface area contributed by atoms with Gasteiger partial charge in [0.25, 0.3) is 0 Å². The number of nitrogens with zero attached hydrogens (tertiary/aromatic N) is 2. The Hall–Kier alpha value is -2.11. The van der Waals surface area contributed by atoms with E-state index < -0.39 is 17.6 Å². The van der Waals surface area contributed by atoms with Crippen molar-refractivity contribution in [3.05, 3.63) is 29.6 Å². The molecule has 1 aliphatic rings. The molecule has 2 N–H and O–H groups in total. The van der Waals surface area contributed by atoms with Gasteiger partial charge in [-0.2, -0.15) is 0 Å². The lowest BCUT2D eigenvalue weighted by Crippen LogP contribution is -2.55. The zero-order valence-electron chi connectivity index (χ0n) is 11.6. The summed E-state index contributed by atoms with van der Waals surface area (Å²) in [6.45, 7) is 4.58. The molecule has 0 atom stereocenters. The van der Waals surface area contributed by atoms with Crippen LogP contribution in [0.2, 0.25) is 0 Å². The fourth-order valence-electron chi connectivity index (χ4n) is 2.27. The fraction of sp³-hybridized carbons (Fsp3) is 0.429. The van der Waals surface area contributed by atoms with E-state index in [1.54, 1.807) is 6.07 Å². The second-order valence-corrected chi connectivity index (χ2v) is 5.13. The lowest BCUT2D eigenvalue weighted by atomic mass is 10.1. The molecule has 1 aromatic rings. The minimum absolute atomic E-state index is 0.0212. The van der Waals surface area contributed by atoms with Gasteiger partial charge in [-0.25, -0.2) is 4.39 Å². The highest BCUT2D eigenvalue weighted by Gasteiger charge is 2.34. The number of rotatable bonds is 3. The van der Waals surface area contributed by atoms with Crippen molar-refractivity contribution in [2.45, 2.75) is 26.4 Å². The third kappa shape index (κ3) is 2.59. The zero-order chi connectivity index (χ0) is 14.9. The summed E-state index contributed by atoms with van der Waals surface area (Å²) >= 11 is 0. The lowest BCUT2D eigenvalue weighted by molar-refractivity contribution is -0.157. The average molecular weight is 279 g/mol. The number of amides is 2. The first kappa shape index (κ1) is 14.3. The molecule has 6 heteroatoms. The van der Waals surface area contributed by atoms with Gasteiger partial charge in [0.1, 0.15) is 5.82 Å². The maximum atomic E-state index is 13.7. The summed E-state index contributed by atoms with van der Waals surface area (Å²) in [5.41, 5.74) is 6.27. The summed E-state index contributed by atoms with van der Waals surface area (Å²) in [5, 5.41) is 0. The standard InChI is InChI=1S/C14H18FN3O2/c1-9(2)18-7-6-17(13(19)14(18)20)8-10-11(15)4-3-5-12(10)16/h3-5,9H,6-8,16H2,1-2H3. The monoisotopic (exact) mass is 279 g/mol. The van der Waals surface area contributed by atoms with Crippen molar-refractivity contribution in [3.8, 4) is 0 Å². The summed E-state index contributed by atoms with van der Waals surface area (Å²) in [4.78, 5) is 26.8. The van der Waals surface area contributed by atoms with Crippen molar-refractivity contribution in [3.63, 3.8) is 0 Å². The molecule has 1 saturated heterocycles. The van der Waals surface area contributed by atoms with Crippen molar-refractivity contribution in [1.82, 2.24) is 9.80 Å². The second kappa shape index (κ2) is 5.48. The quantitative estimate of drug-likeness (QED) is 0.662. The Morgan fingerprint density at radius 1 is 1.25 bits per heavy atom. The third-order valence-corrected chi connectivity index (χ3v) is 3.47. The van der Waals surface area contributed by atoms with Crippen molar-refractivity contribution in [1.29, 1.82) is 0 Å². The predicted octanol–water partition coefficient (Wildman–Crippen LogP) is 0.987. The summed E-state index contributed by atoms with van der Waals surface area (Å²) in [6.07, 6.45) is 0. The van der Waals surface area contributed by atoms with Gasteiger partial charge in [0.2, 0.25) is 0 Å². The van der Waals surface area contributed by atoms with Crippen LogP contribution in [0.15, 0.2) is 18.2 Å². The Bertz CT molecular complexity index is 525. The molecule has 2 rings (SSSR count). The molecule has 1 heterocycles. The van der Waals surface area contributed by atoms with E-state index in [4.69, 9.17) is 5.73 Å². The van der Waals surface area contributed by atoms with Crippen LogP contribution in [0.25, 0.3) is 0 Å². The van der Waals surface area contributed by atoms with Crippen LogP contribution in [-0.2, 0) is 16.1 Å². The van der Waals surface area contributed by atoms with Gasteiger partial charge in [0.05, 0.1) is 6.54 Å². The van der Waals surface area contributed by atoms with Gasteiger partial charge in [-0.05, 0) is 26.0 Å². The Labute approximate surface area is 117 Å². The van der Waals surface area contributed by atoms with Crippen LogP contribution in [0.4, 0.5) is 10.1 Å². The fourth-order valence-corrected chi connectivity index (χ4v) is 2.27. The van der Waals surface area contributed by atoms with Crippen LogP contribution in [0.1, 0.15) is 19.4 Å². The Morgan fingerprint density at radius 3 is 2.55 bits per heavy atom. The number of nitrogens with two attached hydrogens (primary N) is 1. The first-order chi connectivity index (χ1) is 9.41. The number of nitrogen functional groups attached to an aromatic ring is 1. The number of halogens is 1. The summed E-state index contributed by atoms with van der Waals surface area (Å²) < 4.78 is 13.7. The van der Waals surface area contributed by atoms with Gasteiger partial charge in [-0.3, -0.25) is 9.59 Å². The number of anilines is 1. The van der Waals surface area contributed by atoms with E-state index >= 15 is 0 Å². The van der Waals surface area contributed by atoms with Gasteiger partial charge in [-0.1, -0.05) is 6.07 Å². The van der Waals surface area contributed by atoms with E-state index in [2.05, 4.69) is 0 Å². The first-order valence-corrected chi connectivity index (χ1v) is 6.54. The van der Waals surface area contributed by atoms with Crippen molar-refractivity contribution < 1.29 is 14.0 Å². The molecule has 0 radical (unpaired) electrons. The number of piperazine rings is 1. The molecule has 2 amide bonds. The van der Waals surface area contributed by atoms with Crippen LogP contribution >= 0.6 is 0 Å². The zero-order valence-corrected chi connectivity index (χ0v) is 11.6. The Morgan fingerprint density at radius 2 is 1.95 bits per heavy atom. The van der Waals surface area contributed by atoms with Crippen LogP contribution in [0.3, 0.4) is 0 Å². The van der Waals surface area contributed by atoms with Gasteiger partial charge < -0.3 is 15.5 Å². The highest BCUT2D eigenvalue weighted by Crippen LogP contribution is 2.20. The number of benzene rings is 1. The van der Waals surface area contributed by atoms with Crippen molar-refractivity contribution in [2.75, 3.05) is 18.8 Å². The minimum Gasteiger partial charge on any atom is -0.398 e. The summed E-state index contributed by atoms with van der Waals surface area (Å²) in [5.74, 6) is -1.61. The molecule has 5 nitrogen and oxygen atoms in total. The number of carbonyl (C=O) groups excluding carboxylic acids is 2. The SMILES string of the molecule is CC(C)N1CCN(Cc2c(N)cccc2F)C(=O)C1=O. The predicted molar refractivity (Wildman–Crippen MR) is 73.1 cm³/mol. The van der Waals surface area contributed by atoms with Gasteiger partial charge in [-0.15, -0.1) is 0 Å². The molecule has 0 bridgehead atoms. The smallest absolute Gasteiger partial charge is 0.312 e. The number of hydrogen-bond donors (Lipinski definition) is 1. The highest BCUT2D eigenvalue weighted by atomic mass is 19.1. The molecule has 0 aromatic heterocycles. The van der Waals surface area contributed by atoms with Crippen LogP contribution in [0.5, 0.6) is 0 Å². The third-order valence-electron chi connectivity index (χ3n) is 3.47. The molecule has 1 fully saturated rings.